The molecule has 2 aromatic carbocycles. The Bertz CT molecular complexity index is 990. The largest absolute Gasteiger partial charge is 0.372 e. The van der Waals surface area contributed by atoms with E-state index in [1.54, 1.807) is 12.1 Å². The van der Waals surface area contributed by atoms with Crippen molar-refractivity contribution < 1.29 is 22.8 Å². The first kappa shape index (κ1) is 20.8. The second-order valence-corrected chi connectivity index (χ2v) is 8.57. The van der Waals surface area contributed by atoms with Crippen LogP contribution in [0.1, 0.15) is 18.4 Å². The van der Waals surface area contributed by atoms with E-state index in [9.17, 15) is 18.0 Å². The first-order chi connectivity index (χ1) is 13.8. The second-order valence-electron chi connectivity index (χ2n) is 6.68. The van der Waals surface area contributed by atoms with Gasteiger partial charge in [-0.3, -0.25) is 0 Å². The van der Waals surface area contributed by atoms with Crippen LogP contribution >= 0.6 is 0 Å². The molecule has 0 aliphatic carbocycles. The first-order valence-corrected chi connectivity index (χ1v) is 10.4. The SMILES string of the molecule is Cc1ccc(NC(=O)Nc2ccc(S(=O)(=O)N3CCC[C@H]3C(=O)ON)cc2)cc1. The maximum Gasteiger partial charge on any atom is 0.342 e. The Morgan fingerprint density at radius 2 is 1.59 bits per heavy atom. The normalized spacial score (nSPS) is 17.0. The lowest BCUT2D eigenvalue weighted by Gasteiger charge is -2.21. The fraction of sp³-hybridized carbons (Fsp3) is 0.263. The highest BCUT2D eigenvalue weighted by atomic mass is 32.2. The zero-order chi connectivity index (χ0) is 21.0. The lowest BCUT2D eigenvalue weighted by Crippen LogP contribution is -2.42. The summed E-state index contributed by atoms with van der Waals surface area (Å²) < 4.78 is 26.8. The predicted molar refractivity (Wildman–Crippen MR) is 107 cm³/mol. The van der Waals surface area contributed by atoms with E-state index in [4.69, 9.17) is 5.90 Å². The standard InChI is InChI=1S/C19H22N4O5S/c1-13-4-6-14(7-5-13)21-19(25)22-15-8-10-16(11-9-15)29(26,27)23-12-2-3-17(23)18(24)28-20/h4-11,17H,2-3,12,20H2,1H3,(H2,21,22,25)/t17-/m0/s1. The van der Waals surface area contributed by atoms with E-state index < -0.39 is 28.1 Å². The number of nitrogens with two attached hydrogens (primary N) is 1. The maximum absolute atomic E-state index is 12.8. The van der Waals surface area contributed by atoms with Crippen LogP contribution in [0.4, 0.5) is 16.2 Å². The Hall–Kier alpha value is -2.95. The molecule has 0 aromatic heterocycles. The van der Waals surface area contributed by atoms with Crippen LogP contribution in [-0.4, -0.2) is 37.3 Å². The monoisotopic (exact) mass is 418 g/mol. The minimum atomic E-state index is -3.89. The van der Waals surface area contributed by atoms with Gasteiger partial charge < -0.3 is 15.5 Å². The fourth-order valence-corrected chi connectivity index (χ4v) is 4.76. The molecule has 4 N–H and O–H groups in total. The van der Waals surface area contributed by atoms with E-state index in [0.717, 1.165) is 9.87 Å². The number of carbonyl (C=O) groups is 2. The van der Waals surface area contributed by atoms with Gasteiger partial charge in [-0.2, -0.15) is 10.2 Å². The van der Waals surface area contributed by atoms with Crippen LogP contribution in [0.25, 0.3) is 0 Å². The molecular formula is C19H22N4O5S. The lowest BCUT2D eigenvalue weighted by molar-refractivity contribution is -0.148. The summed E-state index contributed by atoms with van der Waals surface area (Å²) in [5.74, 6) is 4.13. The summed E-state index contributed by atoms with van der Waals surface area (Å²) in [5.41, 5.74) is 2.14. The van der Waals surface area contributed by atoms with Crippen LogP contribution in [0.5, 0.6) is 0 Å². The number of hydrogen-bond acceptors (Lipinski definition) is 6. The summed E-state index contributed by atoms with van der Waals surface area (Å²) in [6.45, 7) is 2.16. The summed E-state index contributed by atoms with van der Waals surface area (Å²) in [5, 5.41) is 5.33. The molecule has 1 fully saturated rings. The first-order valence-electron chi connectivity index (χ1n) is 8.98. The number of hydrogen-bond donors (Lipinski definition) is 3. The highest BCUT2D eigenvalue weighted by Crippen LogP contribution is 2.27. The number of aryl methyl sites for hydroxylation is 1. The Morgan fingerprint density at radius 1 is 1.03 bits per heavy atom. The fourth-order valence-electron chi connectivity index (χ4n) is 3.12. The molecule has 1 aliphatic heterocycles. The number of benzene rings is 2. The number of urea groups is 1. The van der Waals surface area contributed by atoms with Gasteiger partial charge in [-0.15, -0.1) is 0 Å². The number of nitrogens with zero attached hydrogens (tertiary/aromatic N) is 1. The molecule has 0 spiro atoms. The van der Waals surface area contributed by atoms with Gasteiger partial charge in [-0.1, -0.05) is 17.7 Å². The summed E-state index contributed by atoms with van der Waals surface area (Å²) in [7, 11) is -3.89. The predicted octanol–water partition coefficient (Wildman–Crippen LogP) is 2.21. The van der Waals surface area contributed by atoms with Gasteiger partial charge in [0.1, 0.15) is 6.04 Å². The highest BCUT2D eigenvalue weighted by Gasteiger charge is 2.40. The molecule has 1 saturated heterocycles. The smallest absolute Gasteiger partial charge is 0.342 e. The van der Waals surface area contributed by atoms with Crippen LogP contribution in [0.15, 0.2) is 53.4 Å². The third-order valence-corrected chi connectivity index (χ3v) is 6.54. The van der Waals surface area contributed by atoms with Crippen molar-refractivity contribution in [2.45, 2.75) is 30.7 Å². The number of rotatable bonds is 5. The summed E-state index contributed by atoms with van der Waals surface area (Å²) in [6.07, 6.45) is 0.895. The number of carbonyl (C=O) groups excluding carboxylic acids is 2. The molecule has 0 saturated carbocycles. The Balaban J connectivity index is 1.68. The number of nitrogens with one attached hydrogen (secondary N) is 2. The molecule has 0 unspecified atom stereocenters. The van der Waals surface area contributed by atoms with Crippen LogP contribution in [0.3, 0.4) is 0 Å². The van der Waals surface area contributed by atoms with Crippen LogP contribution in [0, 0.1) is 6.92 Å². The van der Waals surface area contributed by atoms with Gasteiger partial charge in [-0.05, 0) is 56.2 Å². The number of amides is 2. The Morgan fingerprint density at radius 3 is 2.14 bits per heavy atom. The number of anilines is 2. The maximum atomic E-state index is 12.8. The van der Waals surface area contributed by atoms with Gasteiger partial charge in [0.05, 0.1) is 4.90 Å². The van der Waals surface area contributed by atoms with E-state index >= 15 is 0 Å². The molecule has 0 bridgehead atoms. The van der Waals surface area contributed by atoms with Gasteiger partial charge in [0.15, 0.2) is 0 Å². The molecule has 2 aromatic rings. The molecule has 0 radical (unpaired) electrons. The van der Waals surface area contributed by atoms with Crippen molar-refractivity contribution >= 4 is 33.4 Å². The molecule has 154 valence electrons. The minimum Gasteiger partial charge on any atom is -0.372 e. The van der Waals surface area contributed by atoms with E-state index in [1.807, 2.05) is 19.1 Å². The topological polar surface area (TPSA) is 131 Å². The van der Waals surface area contributed by atoms with Crippen molar-refractivity contribution in [3.8, 4) is 0 Å². The van der Waals surface area contributed by atoms with Crippen LogP contribution in [0.2, 0.25) is 0 Å². The molecule has 1 aliphatic rings. The second kappa shape index (κ2) is 8.60. The molecule has 29 heavy (non-hydrogen) atoms. The molecule has 1 heterocycles. The van der Waals surface area contributed by atoms with Gasteiger partial charge >= 0.3 is 12.0 Å². The van der Waals surface area contributed by atoms with Crippen LogP contribution < -0.4 is 16.5 Å². The van der Waals surface area contributed by atoms with Gasteiger partial charge in [0, 0.05) is 17.9 Å². The zero-order valence-electron chi connectivity index (χ0n) is 15.8. The number of sulfonamides is 1. The van der Waals surface area contributed by atoms with E-state index in [1.165, 1.54) is 24.3 Å². The van der Waals surface area contributed by atoms with Crippen molar-refractivity contribution in [3.05, 3.63) is 54.1 Å². The molecule has 10 heteroatoms. The summed E-state index contributed by atoms with van der Waals surface area (Å²) >= 11 is 0. The summed E-state index contributed by atoms with van der Waals surface area (Å²) in [6, 6.07) is 11.6. The average Bonchev–Trinajstić information content (AvgIpc) is 3.20. The van der Waals surface area contributed by atoms with E-state index in [-0.39, 0.29) is 11.4 Å². The summed E-state index contributed by atoms with van der Waals surface area (Å²) in [4.78, 5) is 28.1. The average molecular weight is 418 g/mol. The van der Waals surface area contributed by atoms with Gasteiger partial charge in [0.2, 0.25) is 10.0 Å². The third kappa shape index (κ3) is 4.73. The highest BCUT2D eigenvalue weighted by molar-refractivity contribution is 7.89. The Kier molecular flexibility index (Phi) is 6.16. The van der Waals surface area contributed by atoms with Crippen molar-refractivity contribution in [2.24, 2.45) is 5.90 Å². The van der Waals surface area contributed by atoms with Crippen molar-refractivity contribution in [1.29, 1.82) is 0 Å². The van der Waals surface area contributed by atoms with Gasteiger partial charge in [0.25, 0.3) is 0 Å². The lowest BCUT2D eigenvalue weighted by atomic mass is 10.2. The molecular weight excluding hydrogens is 396 g/mol. The van der Waals surface area contributed by atoms with Gasteiger partial charge in [-0.25, -0.2) is 18.0 Å². The van der Waals surface area contributed by atoms with E-state index in [2.05, 4.69) is 15.5 Å². The van der Waals surface area contributed by atoms with Crippen molar-refractivity contribution in [1.82, 2.24) is 4.31 Å². The molecule has 3 rings (SSSR count). The van der Waals surface area contributed by atoms with Crippen molar-refractivity contribution in [3.63, 3.8) is 0 Å². The van der Waals surface area contributed by atoms with Crippen molar-refractivity contribution in [2.75, 3.05) is 17.2 Å². The third-order valence-electron chi connectivity index (χ3n) is 4.62. The Labute approximate surface area is 168 Å². The quantitative estimate of drug-likeness (QED) is 0.638. The molecule has 9 nitrogen and oxygen atoms in total. The zero-order valence-corrected chi connectivity index (χ0v) is 16.6. The van der Waals surface area contributed by atoms with E-state index in [0.29, 0.717) is 24.2 Å². The van der Waals surface area contributed by atoms with Crippen LogP contribution in [-0.2, 0) is 19.7 Å². The minimum absolute atomic E-state index is 0.0127. The molecule has 2 amide bonds. The molecule has 1 atom stereocenters.